The van der Waals surface area contributed by atoms with Gasteiger partial charge in [-0.15, -0.1) is 0 Å². The molecule has 1 N–H and O–H groups in total. The van der Waals surface area contributed by atoms with Gasteiger partial charge in [0.1, 0.15) is 11.9 Å². The van der Waals surface area contributed by atoms with E-state index in [4.69, 9.17) is 4.74 Å². The maximum absolute atomic E-state index is 13.2. The van der Waals surface area contributed by atoms with Crippen LogP contribution in [-0.4, -0.2) is 19.2 Å². The first-order valence-corrected chi connectivity index (χ1v) is 4.75. The lowest BCUT2D eigenvalue weighted by Crippen LogP contribution is -2.25. The van der Waals surface area contributed by atoms with Gasteiger partial charge in [-0.3, -0.25) is 0 Å². The maximum Gasteiger partial charge on any atom is 0.407 e. The van der Waals surface area contributed by atoms with Crippen molar-refractivity contribution in [1.29, 1.82) is 0 Å². The van der Waals surface area contributed by atoms with E-state index >= 15 is 0 Å². The van der Waals surface area contributed by atoms with Gasteiger partial charge in [0.2, 0.25) is 0 Å². The minimum absolute atomic E-state index is 0.273. The number of hydrogen-bond acceptors (Lipinski definition) is 2. The Morgan fingerprint density at radius 1 is 1.53 bits per heavy atom. The van der Waals surface area contributed by atoms with Crippen LogP contribution in [0.25, 0.3) is 0 Å². The second kappa shape index (κ2) is 5.34. The van der Waals surface area contributed by atoms with Gasteiger partial charge >= 0.3 is 6.09 Å². The first-order valence-electron chi connectivity index (χ1n) is 4.75. The van der Waals surface area contributed by atoms with Crippen molar-refractivity contribution < 1.29 is 13.9 Å². The second-order valence-electron chi connectivity index (χ2n) is 3.26. The van der Waals surface area contributed by atoms with Crippen molar-refractivity contribution in [3.63, 3.8) is 0 Å². The van der Waals surface area contributed by atoms with Crippen LogP contribution in [0.2, 0.25) is 0 Å². The van der Waals surface area contributed by atoms with E-state index in [0.717, 1.165) is 0 Å². The van der Waals surface area contributed by atoms with Crippen LogP contribution < -0.4 is 5.32 Å². The van der Waals surface area contributed by atoms with Gasteiger partial charge in [0.15, 0.2) is 0 Å². The van der Waals surface area contributed by atoms with E-state index in [1.165, 1.54) is 13.1 Å². The number of alkyl carbamates (subject to hydrolysis) is 1. The average molecular weight is 211 g/mol. The van der Waals surface area contributed by atoms with Crippen LogP contribution in [-0.2, 0) is 11.2 Å². The molecule has 15 heavy (non-hydrogen) atoms. The predicted octanol–water partition coefficient (Wildman–Crippen LogP) is 2.11. The molecule has 0 saturated carbocycles. The molecule has 0 aliphatic rings. The fourth-order valence-electron chi connectivity index (χ4n) is 1.26. The van der Waals surface area contributed by atoms with Crippen LogP contribution in [0.1, 0.15) is 12.5 Å². The molecule has 0 aromatic heterocycles. The smallest absolute Gasteiger partial charge is 0.407 e. The molecule has 3 nitrogen and oxygen atoms in total. The van der Waals surface area contributed by atoms with Gasteiger partial charge in [-0.2, -0.15) is 0 Å². The van der Waals surface area contributed by atoms with E-state index in [1.807, 2.05) is 0 Å². The van der Waals surface area contributed by atoms with Crippen molar-refractivity contribution in [2.24, 2.45) is 0 Å². The Morgan fingerprint density at radius 3 is 2.80 bits per heavy atom. The Morgan fingerprint density at radius 2 is 2.20 bits per heavy atom. The van der Waals surface area contributed by atoms with Crippen LogP contribution in [0.3, 0.4) is 0 Å². The van der Waals surface area contributed by atoms with Gasteiger partial charge in [-0.1, -0.05) is 18.2 Å². The fourth-order valence-corrected chi connectivity index (χ4v) is 1.26. The number of amides is 1. The van der Waals surface area contributed by atoms with E-state index in [-0.39, 0.29) is 11.9 Å². The molecule has 0 heterocycles. The highest BCUT2D eigenvalue weighted by Crippen LogP contribution is 2.10. The number of halogens is 1. The van der Waals surface area contributed by atoms with E-state index in [1.54, 1.807) is 25.1 Å². The molecule has 0 saturated heterocycles. The van der Waals surface area contributed by atoms with Crippen molar-refractivity contribution in [1.82, 2.24) is 5.32 Å². The molecule has 1 aromatic rings. The molecule has 1 aromatic carbocycles. The Labute approximate surface area is 88.2 Å². The predicted molar refractivity (Wildman–Crippen MR) is 55.1 cm³/mol. The zero-order chi connectivity index (χ0) is 11.3. The summed E-state index contributed by atoms with van der Waals surface area (Å²) in [5.74, 6) is -0.273. The lowest BCUT2D eigenvalue weighted by atomic mass is 10.1. The topological polar surface area (TPSA) is 38.3 Å². The highest BCUT2D eigenvalue weighted by Gasteiger charge is 2.10. The number of carbonyl (C=O) groups is 1. The third kappa shape index (κ3) is 3.58. The molecule has 1 atom stereocenters. The van der Waals surface area contributed by atoms with Gasteiger partial charge in [0, 0.05) is 13.5 Å². The summed E-state index contributed by atoms with van der Waals surface area (Å²) in [5.41, 5.74) is 0.550. The Bertz CT molecular complexity index is 341. The third-order valence-corrected chi connectivity index (χ3v) is 1.98. The molecule has 0 bridgehead atoms. The van der Waals surface area contributed by atoms with Crippen LogP contribution in [0.5, 0.6) is 0 Å². The molecule has 0 spiro atoms. The summed E-state index contributed by atoms with van der Waals surface area (Å²) in [7, 11) is 1.48. The second-order valence-corrected chi connectivity index (χ2v) is 3.26. The monoisotopic (exact) mass is 211 g/mol. The molecule has 4 heteroatoms. The van der Waals surface area contributed by atoms with Crippen molar-refractivity contribution in [2.45, 2.75) is 19.4 Å². The summed E-state index contributed by atoms with van der Waals surface area (Å²) >= 11 is 0. The van der Waals surface area contributed by atoms with E-state index < -0.39 is 6.09 Å². The molecule has 0 fully saturated rings. The van der Waals surface area contributed by atoms with Crippen LogP contribution in [0.15, 0.2) is 24.3 Å². The quantitative estimate of drug-likeness (QED) is 0.831. The highest BCUT2D eigenvalue weighted by atomic mass is 19.1. The van der Waals surface area contributed by atoms with Crippen LogP contribution in [0, 0.1) is 5.82 Å². The van der Waals surface area contributed by atoms with Crippen molar-refractivity contribution in [2.75, 3.05) is 7.05 Å². The van der Waals surface area contributed by atoms with Crippen LogP contribution in [0.4, 0.5) is 9.18 Å². The summed E-state index contributed by atoms with van der Waals surface area (Å²) in [4.78, 5) is 10.9. The Balaban J connectivity index is 2.55. The van der Waals surface area contributed by atoms with Crippen molar-refractivity contribution in [3.05, 3.63) is 35.6 Å². The van der Waals surface area contributed by atoms with Gasteiger partial charge in [-0.25, -0.2) is 9.18 Å². The standard InChI is InChI=1S/C11H14FNO2/c1-8(15-11(14)13-2)7-9-5-3-4-6-10(9)12/h3-6,8H,7H2,1-2H3,(H,13,14). The number of benzene rings is 1. The van der Waals surface area contributed by atoms with Crippen molar-refractivity contribution >= 4 is 6.09 Å². The first-order chi connectivity index (χ1) is 7.13. The van der Waals surface area contributed by atoms with Gasteiger partial charge < -0.3 is 10.1 Å². The van der Waals surface area contributed by atoms with Gasteiger partial charge in [0.05, 0.1) is 0 Å². The molecule has 0 aliphatic carbocycles. The largest absolute Gasteiger partial charge is 0.446 e. The SMILES string of the molecule is CNC(=O)OC(C)Cc1ccccc1F. The zero-order valence-electron chi connectivity index (χ0n) is 8.79. The number of nitrogens with one attached hydrogen (secondary N) is 1. The molecule has 1 rings (SSSR count). The first kappa shape index (κ1) is 11.5. The summed E-state index contributed by atoms with van der Waals surface area (Å²) in [6, 6.07) is 6.45. The molecule has 1 amide bonds. The maximum atomic E-state index is 13.2. The van der Waals surface area contributed by atoms with E-state index in [0.29, 0.717) is 12.0 Å². The molecule has 82 valence electrons. The lowest BCUT2D eigenvalue weighted by molar-refractivity contribution is 0.108. The van der Waals surface area contributed by atoms with Crippen LogP contribution >= 0.6 is 0 Å². The highest BCUT2D eigenvalue weighted by molar-refractivity contribution is 5.66. The number of ether oxygens (including phenoxy) is 1. The fraction of sp³-hybridized carbons (Fsp3) is 0.364. The minimum Gasteiger partial charge on any atom is -0.446 e. The van der Waals surface area contributed by atoms with E-state index in [2.05, 4.69) is 5.32 Å². The van der Waals surface area contributed by atoms with Gasteiger partial charge in [0.25, 0.3) is 0 Å². The Hall–Kier alpha value is -1.58. The normalized spacial score (nSPS) is 11.9. The average Bonchev–Trinajstić information content (AvgIpc) is 2.21. The summed E-state index contributed by atoms with van der Waals surface area (Å²) in [6.07, 6.45) is -0.471. The van der Waals surface area contributed by atoms with Crippen molar-refractivity contribution in [3.8, 4) is 0 Å². The summed E-state index contributed by atoms with van der Waals surface area (Å²) in [5, 5.41) is 2.34. The molecule has 1 unspecified atom stereocenters. The number of carbonyl (C=O) groups excluding carboxylic acids is 1. The number of hydrogen-bond donors (Lipinski definition) is 1. The van der Waals surface area contributed by atoms with E-state index in [9.17, 15) is 9.18 Å². The molecule has 0 radical (unpaired) electrons. The minimum atomic E-state index is -0.501. The zero-order valence-corrected chi connectivity index (χ0v) is 8.79. The molecule has 0 aliphatic heterocycles. The summed E-state index contributed by atoms with van der Waals surface area (Å²) < 4.78 is 18.2. The molecular formula is C11H14FNO2. The molecular weight excluding hydrogens is 197 g/mol. The third-order valence-electron chi connectivity index (χ3n) is 1.98. The van der Waals surface area contributed by atoms with Gasteiger partial charge in [-0.05, 0) is 18.6 Å². The lowest BCUT2D eigenvalue weighted by Gasteiger charge is -2.12. The Kier molecular flexibility index (Phi) is 4.09. The summed E-state index contributed by atoms with van der Waals surface area (Å²) in [6.45, 7) is 1.72. The number of rotatable bonds is 3.